The lowest BCUT2D eigenvalue weighted by Crippen LogP contribution is -2.31. The number of benzene rings is 2. The number of nitrogens with one attached hydrogen (secondary N) is 2. The molecule has 2 amide bonds. The second-order valence-electron chi connectivity index (χ2n) is 6.25. The van der Waals surface area contributed by atoms with E-state index in [1.807, 2.05) is 50.2 Å². The Kier molecular flexibility index (Phi) is 6.71. The fourth-order valence-corrected chi connectivity index (χ4v) is 2.38. The molecule has 0 saturated carbocycles. The summed E-state index contributed by atoms with van der Waals surface area (Å²) in [5.74, 6) is -0.360. The van der Waals surface area contributed by atoms with Crippen molar-refractivity contribution in [2.24, 2.45) is 0 Å². The van der Waals surface area contributed by atoms with Gasteiger partial charge in [0, 0.05) is 30.8 Å². The maximum atomic E-state index is 12.4. The van der Waals surface area contributed by atoms with Gasteiger partial charge < -0.3 is 15.5 Å². The molecular weight excluding hydrogens is 314 g/mol. The minimum absolute atomic E-state index is 0.171. The Labute approximate surface area is 149 Å². The van der Waals surface area contributed by atoms with E-state index in [2.05, 4.69) is 10.6 Å². The van der Waals surface area contributed by atoms with Gasteiger partial charge in [-0.1, -0.05) is 30.3 Å². The van der Waals surface area contributed by atoms with Crippen molar-refractivity contribution in [3.8, 4) is 0 Å². The van der Waals surface area contributed by atoms with Crippen LogP contribution in [0.1, 0.15) is 31.8 Å². The molecular formula is C20H25N3O2. The number of carbonyl (C=O) groups excluding carboxylic acids is 2. The second-order valence-corrected chi connectivity index (χ2v) is 6.25. The Hall–Kier alpha value is -2.66. The van der Waals surface area contributed by atoms with Gasteiger partial charge in [-0.2, -0.15) is 0 Å². The van der Waals surface area contributed by atoms with E-state index < -0.39 is 0 Å². The smallest absolute Gasteiger partial charge is 0.251 e. The fourth-order valence-electron chi connectivity index (χ4n) is 2.38. The van der Waals surface area contributed by atoms with Gasteiger partial charge in [0.2, 0.25) is 0 Å². The molecule has 0 aromatic heterocycles. The maximum Gasteiger partial charge on any atom is 0.251 e. The van der Waals surface area contributed by atoms with Crippen LogP contribution < -0.4 is 10.6 Å². The average Bonchev–Trinajstić information content (AvgIpc) is 2.60. The quantitative estimate of drug-likeness (QED) is 0.813. The van der Waals surface area contributed by atoms with Crippen LogP contribution in [0.2, 0.25) is 0 Å². The summed E-state index contributed by atoms with van der Waals surface area (Å²) in [6.07, 6.45) is 0. The molecule has 0 aliphatic carbocycles. The third-order valence-electron chi connectivity index (χ3n) is 3.93. The van der Waals surface area contributed by atoms with E-state index in [9.17, 15) is 9.59 Å². The number of nitrogens with zero attached hydrogens (tertiary/aromatic N) is 1. The molecule has 132 valence electrons. The zero-order chi connectivity index (χ0) is 18.2. The van der Waals surface area contributed by atoms with E-state index in [0.717, 1.165) is 17.7 Å². The molecule has 0 heterocycles. The van der Waals surface area contributed by atoms with Gasteiger partial charge >= 0.3 is 0 Å². The molecule has 0 saturated heterocycles. The molecule has 0 fully saturated rings. The summed E-state index contributed by atoms with van der Waals surface area (Å²) >= 11 is 0. The zero-order valence-electron chi connectivity index (χ0n) is 15.0. The third-order valence-corrected chi connectivity index (χ3v) is 3.93. The predicted molar refractivity (Wildman–Crippen MR) is 99.7 cm³/mol. The van der Waals surface area contributed by atoms with Crippen molar-refractivity contribution >= 4 is 11.8 Å². The van der Waals surface area contributed by atoms with E-state index in [-0.39, 0.29) is 11.8 Å². The molecule has 25 heavy (non-hydrogen) atoms. The molecule has 0 bridgehead atoms. The van der Waals surface area contributed by atoms with Gasteiger partial charge in [0.1, 0.15) is 0 Å². The summed E-state index contributed by atoms with van der Waals surface area (Å²) in [6, 6.07) is 14.7. The van der Waals surface area contributed by atoms with Gasteiger partial charge in [0.05, 0.1) is 0 Å². The van der Waals surface area contributed by atoms with Gasteiger partial charge in [-0.05, 0) is 50.3 Å². The molecule has 2 aromatic rings. The van der Waals surface area contributed by atoms with Crippen molar-refractivity contribution in [3.05, 3.63) is 70.8 Å². The standard InChI is InChI=1S/C20H25N3O2/c1-15-7-4-5-8-18(15)14-22-20(25)17-10-6-9-16(13-17)19(24)21-11-12-23(2)3/h4-10,13H,11-12,14H2,1-3H3,(H,21,24)(H,22,25). The first kappa shape index (κ1) is 18.7. The van der Waals surface area contributed by atoms with Crippen molar-refractivity contribution < 1.29 is 9.59 Å². The number of amides is 2. The molecule has 0 atom stereocenters. The highest BCUT2D eigenvalue weighted by Crippen LogP contribution is 2.08. The lowest BCUT2D eigenvalue weighted by atomic mass is 10.1. The van der Waals surface area contributed by atoms with Crippen LogP contribution in [0.3, 0.4) is 0 Å². The van der Waals surface area contributed by atoms with Gasteiger partial charge in [-0.15, -0.1) is 0 Å². The molecule has 0 spiro atoms. The molecule has 0 aliphatic rings. The largest absolute Gasteiger partial charge is 0.351 e. The number of hydrogen-bond donors (Lipinski definition) is 2. The molecule has 2 rings (SSSR count). The van der Waals surface area contributed by atoms with Gasteiger partial charge in [0.15, 0.2) is 0 Å². The fraction of sp³-hybridized carbons (Fsp3) is 0.300. The molecule has 0 aliphatic heterocycles. The number of carbonyl (C=O) groups is 2. The molecule has 0 radical (unpaired) electrons. The summed E-state index contributed by atoms with van der Waals surface area (Å²) in [5, 5.41) is 5.75. The van der Waals surface area contributed by atoms with E-state index >= 15 is 0 Å². The topological polar surface area (TPSA) is 61.4 Å². The van der Waals surface area contributed by atoms with Crippen LogP contribution in [-0.4, -0.2) is 43.9 Å². The first-order chi connectivity index (χ1) is 12.0. The Morgan fingerprint density at radius 1 is 0.920 bits per heavy atom. The minimum atomic E-state index is -0.189. The summed E-state index contributed by atoms with van der Waals surface area (Å²) in [5.41, 5.74) is 3.18. The lowest BCUT2D eigenvalue weighted by Gasteiger charge is -2.11. The van der Waals surface area contributed by atoms with Crippen LogP contribution in [0.4, 0.5) is 0 Å². The molecule has 5 nitrogen and oxygen atoms in total. The monoisotopic (exact) mass is 339 g/mol. The maximum absolute atomic E-state index is 12.4. The average molecular weight is 339 g/mol. The van der Waals surface area contributed by atoms with E-state index in [4.69, 9.17) is 0 Å². The number of aryl methyl sites for hydroxylation is 1. The van der Waals surface area contributed by atoms with Crippen LogP contribution in [0, 0.1) is 6.92 Å². The summed E-state index contributed by atoms with van der Waals surface area (Å²) in [7, 11) is 3.90. The van der Waals surface area contributed by atoms with Crippen LogP contribution in [-0.2, 0) is 6.54 Å². The third kappa shape index (κ3) is 5.72. The van der Waals surface area contributed by atoms with Crippen molar-refractivity contribution in [3.63, 3.8) is 0 Å². The van der Waals surface area contributed by atoms with Gasteiger partial charge in [-0.25, -0.2) is 0 Å². The van der Waals surface area contributed by atoms with E-state index in [1.165, 1.54) is 0 Å². The molecule has 2 N–H and O–H groups in total. The molecule has 0 unspecified atom stereocenters. The number of hydrogen-bond acceptors (Lipinski definition) is 3. The Morgan fingerprint density at radius 3 is 2.20 bits per heavy atom. The van der Waals surface area contributed by atoms with Gasteiger partial charge in [-0.3, -0.25) is 9.59 Å². The molecule has 5 heteroatoms. The normalized spacial score (nSPS) is 10.6. The number of likely N-dealkylation sites (N-methyl/N-ethyl adjacent to an activating group) is 1. The summed E-state index contributed by atoms with van der Waals surface area (Å²) in [6.45, 7) is 3.81. The Balaban J connectivity index is 1.96. The first-order valence-corrected chi connectivity index (χ1v) is 8.33. The number of rotatable bonds is 7. The molecule has 2 aromatic carbocycles. The van der Waals surface area contributed by atoms with Crippen molar-refractivity contribution in [1.82, 2.24) is 15.5 Å². The van der Waals surface area contributed by atoms with Gasteiger partial charge in [0.25, 0.3) is 11.8 Å². The highest BCUT2D eigenvalue weighted by Gasteiger charge is 2.10. The Morgan fingerprint density at radius 2 is 1.56 bits per heavy atom. The summed E-state index contributed by atoms with van der Waals surface area (Å²) in [4.78, 5) is 26.5. The summed E-state index contributed by atoms with van der Waals surface area (Å²) < 4.78 is 0. The van der Waals surface area contributed by atoms with Crippen molar-refractivity contribution in [2.45, 2.75) is 13.5 Å². The minimum Gasteiger partial charge on any atom is -0.351 e. The lowest BCUT2D eigenvalue weighted by molar-refractivity contribution is 0.0950. The van der Waals surface area contributed by atoms with Crippen LogP contribution >= 0.6 is 0 Å². The van der Waals surface area contributed by atoms with E-state index in [0.29, 0.717) is 24.2 Å². The van der Waals surface area contributed by atoms with Crippen LogP contribution in [0.15, 0.2) is 48.5 Å². The van der Waals surface area contributed by atoms with Crippen molar-refractivity contribution in [1.29, 1.82) is 0 Å². The van der Waals surface area contributed by atoms with E-state index in [1.54, 1.807) is 24.3 Å². The van der Waals surface area contributed by atoms with Crippen molar-refractivity contribution in [2.75, 3.05) is 27.2 Å². The first-order valence-electron chi connectivity index (χ1n) is 8.33. The predicted octanol–water partition coefficient (Wildman–Crippen LogP) is 2.22. The zero-order valence-corrected chi connectivity index (χ0v) is 15.0. The Bertz CT molecular complexity index is 741. The highest BCUT2D eigenvalue weighted by atomic mass is 16.2. The van der Waals surface area contributed by atoms with Crippen LogP contribution in [0.25, 0.3) is 0 Å². The second kappa shape index (κ2) is 8.99. The van der Waals surface area contributed by atoms with Crippen LogP contribution in [0.5, 0.6) is 0 Å². The SMILES string of the molecule is Cc1ccccc1CNC(=O)c1cccc(C(=O)NCCN(C)C)c1. The highest BCUT2D eigenvalue weighted by molar-refractivity contribution is 5.99.